The van der Waals surface area contributed by atoms with Gasteiger partial charge in [-0.25, -0.2) is 4.79 Å². The van der Waals surface area contributed by atoms with Gasteiger partial charge in [0.15, 0.2) is 5.78 Å². The number of urea groups is 1. The van der Waals surface area contributed by atoms with Crippen LogP contribution < -0.4 is 10.1 Å². The number of ketones is 1. The van der Waals surface area contributed by atoms with Crippen molar-refractivity contribution < 1.29 is 14.3 Å². The van der Waals surface area contributed by atoms with Crippen LogP contribution >= 0.6 is 11.6 Å². The van der Waals surface area contributed by atoms with Crippen LogP contribution in [0.3, 0.4) is 0 Å². The zero-order valence-electron chi connectivity index (χ0n) is 16.0. The molecule has 1 fully saturated rings. The number of fused-ring (bicyclic) bond motifs is 1. The monoisotopic (exact) mass is 398 g/mol. The number of aryl methyl sites for hydroxylation is 2. The summed E-state index contributed by atoms with van der Waals surface area (Å²) in [4.78, 5) is 27.1. The van der Waals surface area contributed by atoms with Crippen LogP contribution in [0.25, 0.3) is 0 Å². The summed E-state index contributed by atoms with van der Waals surface area (Å²) in [7, 11) is 0. The number of carbonyl (C=O) groups is 2. The van der Waals surface area contributed by atoms with E-state index in [0.29, 0.717) is 54.4 Å². The van der Waals surface area contributed by atoms with Crippen molar-refractivity contribution in [1.82, 2.24) is 4.90 Å². The van der Waals surface area contributed by atoms with Crippen LogP contribution in [-0.4, -0.2) is 35.4 Å². The van der Waals surface area contributed by atoms with Crippen LogP contribution in [0.15, 0.2) is 36.4 Å². The third-order valence-corrected chi connectivity index (χ3v) is 5.79. The molecule has 4 rings (SSSR count). The Morgan fingerprint density at radius 2 is 1.93 bits per heavy atom. The number of piperidine rings is 1. The lowest BCUT2D eigenvalue weighted by molar-refractivity contribution is -0.000158. The third-order valence-electron chi connectivity index (χ3n) is 5.56. The Morgan fingerprint density at radius 1 is 1.18 bits per heavy atom. The number of benzene rings is 2. The molecule has 146 valence electrons. The lowest BCUT2D eigenvalue weighted by atomic mass is 9.81. The summed E-state index contributed by atoms with van der Waals surface area (Å²) in [5.74, 6) is 0.837. The molecule has 0 atom stereocenters. The number of hydrogen-bond acceptors (Lipinski definition) is 3. The molecule has 2 aromatic carbocycles. The van der Waals surface area contributed by atoms with Crippen LogP contribution in [0.1, 0.15) is 40.7 Å². The maximum Gasteiger partial charge on any atom is 0.321 e. The molecule has 0 unspecified atom stereocenters. The first-order valence-corrected chi connectivity index (χ1v) is 9.88. The minimum Gasteiger partial charge on any atom is -0.486 e. The van der Waals surface area contributed by atoms with Crippen LogP contribution in [0.4, 0.5) is 10.5 Å². The molecule has 2 heterocycles. The van der Waals surface area contributed by atoms with E-state index >= 15 is 0 Å². The van der Waals surface area contributed by atoms with Gasteiger partial charge >= 0.3 is 6.03 Å². The number of carbonyl (C=O) groups excluding carboxylic acids is 2. The fourth-order valence-electron chi connectivity index (χ4n) is 4.10. The molecule has 6 heteroatoms. The quantitative estimate of drug-likeness (QED) is 0.736. The molecule has 2 amide bonds. The van der Waals surface area contributed by atoms with E-state index in [0.717, 1.165) is 11.1 Å². The molecule has 2 aliphatic heterocycles. The molecule has 1 saturated heterocycles. The predicted octanol–water partition coefficient (Wildman–Crippen LogP) is 4.99. The number of amides is 2. The largest absolute Gasteiger partial charge is 0.486 e. The van der Waals surface area contributed by atoms with Crippen molar-refractivity contribution in [3.8, 4) is 5.75 Å². The summed E-state index contributed by atoms with van der Waals surface area (Å²) < 4.78 is 6.38. The Balaban J connectivity index is 1.45. The SMILES string of the molecule is Cc1cc(C)c2c(c1)C(=O)CC1(CCN(C(=O)Nc3cccc(Cl)c3)CC1)O2. The van der Waals surface area contributed by atoms with Crippen molar-refractivity contribution in [3.63, 3.8) is 0 Å². The van der Waals surface area contributed by atoms with Crippen molar-refractivity contribution in [1.29, 1.82) is 0 Å². The number of halogens is 1. The molecular formula is C22H23ClN2O3. The van der Waals surface area contributed by atoms with Gasteiger partial charge in [-0.05, 0) is 49.2 Å². The highest BCUT2D eigenvalue weighted by Crippen LogP contribution is 2.41. The van der Waals surface area contributed by atoms with E-state index in [1.165, 1.54) is 0 Å². The van der Waals surface area contributed by atoms with Gasteiger partial charge in [0.2, 0.25) is 0 Å². The van der Waals surface area contributed by atoms with Gasteiger partial charge in [0.05, 0.1) is 12.0 Å². The first-order valence-electron chi connectivity index (χ1n) is 9.50. The Morgan fingerprint density at radius 3 is 2.64 bits per heavy atom. The average molecular weight is 399 g/mol. The van der Waals surface area contributed by atoms with E-state index in [-0.39, 0.29) is 11.8 Å². The van der Waals surface area contributed by atoms with Crippen molar-refractivity contribution in [2.45, 2.75) is 38.7 Å². The summed E-state index contributed by atoms with van der Waals surface area (Å²) in [5, 5.41) is 3.46. The summed E-state index contributed by atoms with van der Waals surface area (Å²) in [6.07, 6.45) is 1.63. The second-order valence-electron chi connectivity index (χ2n) is 7.77. The number of Topliss-reactive ketones (excluding diaryl/α,β-unsaturated/α-hetero) is 1. The molecule has 1 N–H and O–H groups in total. The van der Waals surface area contributed by atoms with Gasteiger partial charge in [0, 0.05) is 36.6 Å². The maximum atomic E-state index is 12.8. The molecular weight excluding hydrogens is 376 g/mol. The molecule has 2 aromatic rings. The highest BCUT2D eigenvalue weighted by atomic mass is 35.5. The van der Waals surface area contributed by atoms with Crippen molar-refractivity contribution >= 4 is 29.1 Å². The first kappa shape index (κ1) is 18.8. The number of nitrogens with zero attached hydrogens (tertiary/aromatic N) is 1. The van der Waals surface area contributed by atoms with E-state index in [2.05, 4.69) is 5.32 Å². The lowest BCUT2D eigenvalue weighted by Gasteiger charge is -2.44. The van der Waals surface area contributed by atoms with E-state index in [1.807, 2.05) is 26.0 Å². The number of rotatable bonds is 1. The van der Waals surface area contributed by atoms with Gasteiger partial charge in [-0.2, -0.15) is 0 Å². The number of hydrogen-bond donors (Lipinski definition) is 1. The minimum atomic E-state index is -0.517. The Hall–Kier alpha value is -2.53. The zero-order chi connectivity index (χ0) is 19.9. The van der Waals surface area contributed by atoms with Gasteiger partial charge < -0.3 is 15.0 Å². The molecule has 1 spiro atoms. The van der Waals surface area contributed by atoms with E-state index in [1.54, 1.807) is 29.2 Å². The summed E-state index contributed by atoms with van der Waals surface area (Å²) in [6, 6.07) is 10.9. The van der Waals surface area contributed by atoms with Crippen molar-refractivity contribution in [2.24, 2.45) is 0 Å². The van der Waals surface area contributed by atoms with Gasteiger partial charge in [0.1, 0.15) is 11.4 Å². The highest BCUT2D eigenvalue weighted by molar-refractivity contribution is 6.30. The fourth-order valence-corrected chi connectivity index (χ4v) is 4.29. The maximum absolute atomic E-state index is 12.8. The molecule has 5 nitrogen and oxygen atoms in total. The number of ether oxygens (including phenoxy) is 1. The minimum absolute atomic E-state index is 0.130. The smallest absolute Gasteiger partial charge is 0.321 e. The van der Waals surface area contributed by atoms with Crippen LogP contribution in [0.5, 0.6) is 5.75 Å². The summed E-state index contributed by atoms with van der Waals surface area (Å²) in [6.45, 7) is 5.05. The van der Waals surface area contributed by atoms with E-state index in [9.17, 15) is 9.59 Å². The molecule has 2 aliphatic rings. The second-order valence-corrected chi connectivity index (χ2v) is 8.21. The first-order chi connectivity index (χ1) is 13.3. The van der Waals surface area contributed by atoms with Gasteiger partial charge in [-0.15, -0.1) is 0 Å². The molecule has 28 heavy (non-hydrogen) atoms. The normalized spacial score (nSPS) is 17.8. The van der Waals surface area contributed by atoms with Gasteiger partial charge in [0.25, 0.3) is 0 Å². The van der Waals surface area contributed by atoms with Gasteiger partial charge in [-0.3, -0.25) is 4.79 Å². The second kappa shape index (κ2) is 7.13. The van der Waals surface area contributed by atoms with Crippen molar-refractivity contribution in [2.75, 3.05) is 18.4 Å². The van der Waals surface area contributed by atoms with Crippen LogP contribution in [-0.2, 0) is 0 Å². The van der Waals surface area contributed by atoms with Crippen LogP contribution in [0, 0.1) is 13.8 Å². The lowest BCUT2D eigenvalue weighted by Crippen LogP contribution is -2.53. The van der Waals surface area contributed by atoms with Crippen molar-refractivity contribution in [3.05, 3.63) is 58.1 Å². The molecule has 0 radical (unpaired) electrons. The van der Waals surface area contributed by atoms with E-state index in [4.69, 9.17) is 16.3 Å². The predicted molar refractivity (Wildman–Crippen MR) is 110 cm³/mol. The standard InChI is InChI=1S/C22H23ClN2O3/c1-14-10-15(2)20-18(11-14)19(26)13-22(28-20)6-8-25(9-7-22)21(27)24-17-5-3-4-16(23)12-17/h3-5,10-12H,6-9,13H2,1-2H3,(H,24,27). The number of nitrogens with one attached hydrogen (secondary N) is 1. The molecule has 0 bridgehead atoms. The molecule has 0 saturated carbocycles. The topological polar surface area (TPSA) is 58.6 Å². The summed E-state index contributed by atoms with van der Waals surface area (Å²) >= 11 is 5.98. The van der Waals surface area contributed by atoms with Crippen LogP contribution in [0.2, 0.25) is 5.02 Å². The summed E-state index contributed by atoms with van der Waals surface area (Å²) in [5.41, 5.74) is 2.89. The highest BCUT2D eigenvalue weighted by Gasteiger charge is 2.44. The molecule has 0 aromatic heterocycles. The third kappa shape index (κ3) is 3.59. The zero-order valence-corrected chi connectivity index (χ0v) is 16.8. The Kier molecular flexibility index (Phi) is 4.79. The Bertz CT molecular complexity index is 949. The van der Waals surface area contributed by atoms with Gasteiger partial charge in [-0.1, -0.05) is 23.7 Å². The molecule has 0 aliphatic carbocycles. The van der Waals surface area contributed by atoms with E-state index < -0.39 is 5.60 Å². The number of likely N-dealkylation sites (tertiary alicyclic amines) is 1. The fraction of sp³-hybridized carbons (Fsp3) is 0.364. The average Bonchev–Trinajstić information content (AvgIpc) is 2.63. The Labute approximate surface area is 169 Å². The number of anilines is 1.